The Kier molecular flexibility index (Phi) is 4.62. The molecule has 0 N–H and O–H groups in total. The zero-order valence-corrected chi connectivity index (χ0v) is 11.9. The van der Waals surface area contributed by atoms with Gasteiger partial charge in [0.15, 0.2) is 0 Å². The van der Waals surface area contributed by atoms with E-state index in [-0.39, 0.29) is 12.0 Å². The monoisotopic (exact) mass is 254 g/mol. The maximum atomic E-state index is 11.9. The van der Waals surface area contributed by atoms with Crippen LogP contribution in [0.2, 0.25) is 0 Å². The first-order valence-corrected chi connectivity index (χ1v) is 7.16. The number of rotatable bonds is 5. The Morgan fingerprint density at radius 1 is 1.22 bits per heavy atom. The van der Waals surface area contributed by atoms with Crippen LogP contribution < -0.4 is 0 Å². The van der Waals surface area contributed by atoms with E-state index in [2.05, 4.69) is 23.6 Å². The van der Waals surface area contributed by atoms with Gasteiger partial charge in [-0.1, -0.05) is 13.8 Å². The van der Waals surface area contributed by atoms with Gasteiger partial charge in [0, 0.05) is 32.7 Å². The third-order valence-electron chi connectivity index (χ3n) is 3.93. The van der Waals surface area contributed by atoms with Gasteiger partial charge in [-0.3, -0.25) is 9.69 Å². The van der Waals surface area contributed by atoms with Crippen LogP contribution in [0.5, 0.6) is 0 Å². The molecular weight excluding hydrogens is 228 g/mol. The van der Waals surface area contributed by atoms with Crippen LogP contribution in [0.15, 0.2) is 0 Å². The Balaban J connectivity index is 1.85. The lowest BCUT2D eigenvalue weighted by molar-refractivity contribution is -0.148. The predicted octanol–water partition coefficient (Wildman–Crippen LogP) is 1.21. The van der Waals surface area contributed by atoms with Gasteiger partial charge in [0.2, 0.25) is 0 Å². The van der Waals surface area contributed by atoms with Gasteiger partial charge in [0.1, 0.15) is 6.04 Å². The summed E-state index contributed by atoms with van der Waals surface area (Å²) in [7, 11) is 1.51. The van der Waals surface area contributed by atoms with E-state index in [0.29, 0.717) is 5.92 Å². The lowest BCUT2D eigenvalue weighted by atomic mass is 10.1. The molecule has 0 aromatic carbocycles. The smallest absolute Gasteiger partial charge is 0.323 e. The second-order valence-corrected chi connectivity index (χ2v) is 6.04. The van der Waals surface area contributed by atoms with Crippen LogP contribution in [0.1, 0.15) is 26.7 Å². The highest BCUT2D eigenvalue weighted by Crippen LogP contribution is 2.36. The summed E-state index contributed by atoms with van der Waals surface area (Å²) in [6, 6.07) is 0.0243. The van der Waals surface area contributed by atoms with Crippen LogP contribution in [-0.2, 0) is 9.53 Å². The normalized spacial score (nSPS) is 24.2. The zero-order valence-electron chi connectivity index (χ0n) is 11.9. The summed E-state index contributed by atoms with van der Waals surface area (Å²) >= 11 is 0. The largest absolute Gasteiger partial charge is 0.468 e. The molecule has 0 bridgehead atoms. The minimum atomic E-state index is -0.0326. The minimum Gasteiger partial charge on any atom is -0.468 e. The molecule has 1 aliphatic carbocycles. The number of esters is 1. The van der Waals surface area contributed by atoms with Gasteiger partial charge < -0.3 is 9.64 Å². The van der Waals surface area contributed by atoms with E-state index in [1.807, 2.05) is 0 Å². The van der Waals surface area contributed by atoms with Crippen LogP contribution in [0.4, 0.5) is 0 Å². The first-order chi connectivity index (χ1) is 8.61. The van der Waals surface area contributed by atoms with Crippen molar-refractivity contribution in [3.63, 3.8) is 0 Å². The number of carbonyl (C=O) groups is 1. The summed E-state index contributed by atoms with van der Waals surface area (Å²) in [5.74, 6) is 1.24. The molecule has 18 heavy (non-hydrogen) atoms. The first-order valence-electron chi connectivity index (χ1n) is 7.16. The average molecular weight is 254 g/mol. The van der Waals surface area contributed by atoms with Crippen molar-refractivity contribution in [1.29, 1.82) is 0 Å². The molecule has 2 aliphatic rings. The van der Waals surface area contributed by atoms with Gasteiger partial charge in [0.25, 0.3) is 0 Å². The number of ether oxygens (including phenoxy) is 1. The molecule has 1 aliphatic heterocycles. The molecule has 1 heterocycles. The number of hydrogen-bond acceptors (Lipinski definition) is 4. The highest BCUT2D eigenvalue weighted by Gasteiger charge is 2.41. The lowest BCUT2D eigenvalue weighted by Gasteiger charge is -2.38. The first kappa shape index (κ1) is 13.8. The fraction of sp³-hybridized carbons (Fsp3) is 0.929. The molecule has 1 saturated heterocycles. The Morgan fingerprint density at radius 3 is 2.28 bits per heavy atom. The SMILES string of the molecule is COC(=O)C(C1CC1)N1CCN(CC(C)C)CC1. The molecule has 104 valence electrons. The zero-order chi connectivity index (χ0) is 13.1. The van der Waals surface area contributed by atoms with Gasteiger partial charge in [-0.05, 0) is 24.7 Å². The Bertz CT molecular complexity index is 282. The molecule has 0 spiro atoms. The molecule has 0 radical (unpaired) electrons. The third-order valence-corrected chi connectivity index (χ3v) is 3.93. The summed E-state index contributed by atoms with van der Waals surface area (Å²) < 4.78 is 4.96. The summed E-state index contributed by atoms with van der Waals surface area (Å²) in [5.41, 5.74) is 0. The third kappa shape index (κ3) is 3.45. The van der Waals surface area contributed by atoms with E-state index in [9.17, 15) is 4.79 Å². The summed E-state index contributed by atoms with van der Waals surface area (Å²) in [5, 5.41) is 0. The Labute approximate surface area is 110 Å². The van der Waals surface area contributed by atoms with Crippen LogP contribution >= 0.6 is 0 Å². The molecule has 0 aromatic heterocycles. The molecule has 4 nitrogen and oxygen atoms in total. The van der Waals surface area contributed by atoms with Crippen molar-refractivity contribution in [3.8, 4) is 0 Å². The molecule has 1 saturated carbocycles. The van der Waals surface area contributed by atoms with E-state index in [1.54, 1.807) is 0 Å². The molecule has 0 amide bonds. The van der Waals surface area contributed by atoms with Crippen molar-refractivity contribution >= 4 is 5.97 Å². The van der Waals surface area contributed by atoms with Crippen LogP contribution in [-0.4, -0.2) is 61.6 Å². The number of nitrogens with zero attached hydrogens (tertiary/aromatic N) is 2. The second-order valence-electron chi connectivity index (χ2n) is 6.04. The van der Waals surface area contributed by atoms with Gasteiger partial charge in [-0.25, -0.2) is 0 Å². The maximum Gasteiger partial charge on any atom is 0.323 e. The summed E-state index contributed by atoms with van der Waals surface area (Å²) in [6.07, 6.45) is 2.37. The van der Waals surface area contributed by atoms with E-state index >= 15 is 0 Å². The topological polar surface area (TPSA) is 32.8 Å². The average Bonchev–Trinajstić information content (AvgIpc) is 3.15. The van der Waals surface area contributed by atoms with Crippen molar-refractivity contribution in [1.82, 2.24) is 9.80 Å². The highest BCUT2D eigenvalue weighted by atomic mass is 16.5. The summed E-state index contributed by atoms with van der Waals surface area (Å²) in [6.45, 7) is 9.85. The number of carbonyl (C=O) groups excluding carboxylic acids is 1. The molecule has 0 aromatic rings. The van der Waals surface area contributed by atoms with Crippen LogP contribution in [0, 0.1) is 11.8 Å². The van der Waals surface area contributed by atoms with E-state index < -0.39 is 0 Å². The molecule has 1 unspecified atom stereocenters. The number of methoxy groups -OCH3 is 1. The van der Waals surface area contributed by atoms with Crippen molar-refractivity contribution in [2.75, 3.05) is 39.8 Å². The molecular formula is C14H26N2O2. The quantitative estimate of drug-likeness (QED) is 0.691. The Morgan fingerprint density at radius 2 is 1.83 bits per heavy atom. The predicted molar refractivity (Wildman–Crippen MR) is 71.4 cm³/mol. The van der Waals surface area contributed by atoms with Crippen molar-refractivity contribution in [2.24, 2.45) is 11.8 Å². The fourth-order valence-corrected chi connectivity index (χ4v) is 2.91. The van der Waals surface area contributed by atoms with Crippen LogP contribution in [0.3, 0.4) is 0 Å². The highest BCUT2D eigenvalue weighted by molar-refractivity contribution is 5.76. The lowest BCUT2D eigenvalue weighted by Crippen LogP contribution is -2.54. The van der Waals surface area contributed by atoms with Crippen molar-refractivity contribution in [3.05, 3.63) is 0 Å². The second kappa shape index (κ2) is 6.02. The van der Waals surface area contributed by atoms with Gasteiger partial charge in [-0.15, -0.1) is 0 Å². The number of piperazine rings is 1. The van der Waals surface area contributed by atoms with E-state index in [0.717, 1.165) is 32.1 Å². The summed E-state index contributed by atoms with van der Waals surface area (Å²) in [4.78, 5) is 16.7. The van der Waals surface area contributed by atoms with Crippen molar-refractivity contribution in [2.45, 2.75) is 32.7 Å². The molecule has 4 heteroatoms. The van der Waals surface area contributed by atoms with Gasteiger partial charge in [0.05, 0.1) is 7.11 Å². The van der Waals surface area contributed by atoms with Gasteiger partial charge in [-0.2, -0.15) is 0 Å². The van der Waals surface area contributed by atoms with E-state index in [4.69, 9.17) is 4.74 Å². The molecule has 2 rings (SSSR count). The maximum absolute atomic E-state index is 11.9. The standard InChI is InChI=1S/C14H26N2O2/c1-11(2)10-15-6-8-16(9-7-15)13(12-4-5-12)14(17)18-3/h11-13H,4-10H2,1-3H3. The van der Waals surface area contributed by atoms with E-state index in [1.165, 1.54) is 26.5 Å². The van der Waals surface area contributed by atoms with Gasteiger partial charge >= 0.3 is 5.97 Å². The molecule has 1 atom stereocenters. The number of hydrogen-bond donors (Lipinski definition) is 0. The minimum absolute atomic E-state index is 0.0243. The fourth-order valence-electron chi connectivity index (χ4n) is 2.91. The Hall–Kier alpha value is -0.610. The van der Waals surface area contributed by atoms with Crippen molar-refractivity contribution < 1.29 is 9.53 Å². The molecule has 2 fully saturated rings. The van der Waals surface area contributed by atoms with Crippen LogP contribution in [0.25, 0.3) is 0 Å².